The first-order valence-electron chi connectivity index (χ1n) is 5.58. The quantitative estimate of drug-likeness (QED) is 0.645. The van der Waals surface area contributed by atoms with Crippen LogP contribution in [-0.2, 0) is 4.74 Å². The van der Waals surface area contributed by atoms with Crippen molar-refractivity contribution in [1.29, 1.82) is 0 Å². The van der Waals surface area contributed by atoms with E-state index in [0.29, 0.717) is 11.3 Å². The maximum absolute atomic E-state index is 12.2. The van der Waals surface area contributed by atoms with Crippen molar-refractivity contribution in [3.05, 3.63) is 10.4 Å². The van der Waals surface area contributed by atoms with E-state index in [-0.39, 0.29) is 27.7 Å². The maximum atomic E-state index is 12.2. The van der Waals surface area contributed by atoms with Crippen LogP contribution in [0.3, 0.4) is 0 Å². The first kappa shape index (κ1) is 16.3. The van der Waals surface area contributed by atoms with Crippen molar-refractivity contribution in [2.24, 2.45) is 0 Å². The predicted octanol–water partition coefficient (Wildman–Crippen LogP) is 2.68. The van der Waals surface area contributed by atoms with E-state index in [4.69, 9.17) is 10.5 Å². The molecular weight excluding hydrogens is 297 g/mol. The minimum absolute atomic E-state index is 0.0257. The monoisotopic (exact) mass is 310 g/mol. The zero-order valence-electron chi connectivity index (χ0n) is 10.8. The highest BCUT2D eigenvalue weighted by molar-refractivity contribution is 7.19. The number of thiophene rings is 1. The Morgan fingerprint density at radius 2 is 2.00 bits per heavy atom. The summed E-state index contributed by atoms with van der Waals surface area (Å²) in [5.74, 6) is -1.29. The summed E-state index contributed by atoms with van der Waals surface area (Å²) in [5.41, 5.74) is 5.25. The number of carbonyl (C=O) groups is 2. The van der Waals surface area contributed by atoms with Gasteiger partial charge in [0.1, 0.15) is 17.1 Å². The minimum atomic E-state index is -4.46. The lowest BCUT2D eigenvalue weighted by atomic mass is 10.2. The van der Waals surface area contributed by atoms with E-state index in [0.717, 1.165) is 0 Å². The van der Waals surface area contributed by atoms with Gasteiger partial charge in [-0.25, -0.2) is 4.79 Å². The van der Waals surface area contributed by atoms with E-state index in [9.17, 15) is 22.8 Å². The lowest BCUT2D eigenvalue weighted by Crippen LogP contribution is -2.22. The first-order valence-corrected chi connectivity index (χ1v) is 6.40. The highest BCUT2D eigenvalue weighted by atomic mass is 32.1. The lowest BCUT2D eigenvalue weighted by molar-refractivity contribution is -0.115. The standard InChI is InChI=1S/C11H13F3N2O3S/c1-3-19-10(18)6-7(15)8(5(2)17)20-9(6)16-4-11(12,13)14/h16H,3-4,15H2,1-2H3. The van der Waals surface area contributed by atoms with Gasteiger partial charge < -0.3 is 15.8 Å². The van der Waals surface area contributed by atoms with E-state index in [1.165, 1.54) is 6.92 Å². The number of halogens is 3. The fourth-order valence-electron chi connectivity index (χ4n) is 1.42. The number of carbonyl (C=O) groups excluding carboxylic acids is 2. The molecule has 0 aliphatic rings. The third-order valence-corrected chi connectivity index (χ3v) is 3.46. The van der Waals surface area contributed by atoms with Gasteiger partial charge in [-0.2, -0.15) is 13.2 Å². The smallest absolute Gasteiger partial charge is 0.405 e. The van der Waals surface area contributed by atoms with Crippen LogP contribution < -0.4 is 11.1 Å². The molecule has 3 N–H and O–H groups in total. The summed E-state index contributed by atoms with van der Waals surface area (Å²) in [7, 11) is 0. The third-order valence-electron chi connectivity index (χ3n) is 2.19. The molecule has 1 rings (SSSR count). The average molecular weight is 310 g/mol. The summed E-state index contributed by atoms with van der Waals surface area (Å²) in [4.78, 5) is 23.1. The zero-order valence-corrected chi connectivity index (χ0v) is 11.6. The number of esters is 1. The van der Waals surface area contributed by atoms with Gasteiger partial charge in [0.25, 0.3) is 0 Å². The number of ether oxygens (including phenoxy) is 1. The maximum Gasteiger partial charge on any atom is 0.405 e. The number of hydrogen-bond acceptors (Lipinski definition) is 6. The topological polar surface area (TPSA) is 81.4 Å². The van der Waals surface area contributed by atoms with Crippen molar-refractivity contribution < 1.29 is 27.5 Å². The number of alkyl halides is 3. The summed E-state index contributed by atoms with van der Waals surface area (Å²) in [6.45, 7) is 1.47. The van der Waals surface area contributed by atoms with Crippen molar-refractivity contribution >= 4 is 33.8 Å². The van der Waals surface area contributed by atoms with Gasteiger partial charge in [-0.1, -0.05) is 0 Å². The third kappa shape index (κ3) is 3.86. The second-order valence-electron chi connectivity index (χ2n) is 3.79. The normalized spacial score (nSPS) is 11.2. The number of ketones is 1. The molecule has 0 saturated carbocycles. The van der Waals surface area contributed by atoms with E-state index in [1.807, 2.05) is 0 Å². The van der Waals surface area contributed by atoms with Crippen LogP contribution >= 0.6 is 11.3 Å². The number of hydrogen-bond donors (Lipinski definition) is 2. The van der Waals surface area contributed by atoms with Gasteiger partial charge in [0.05, 0.1) is 17.2 Å². The lowest BCUT2D eigenvalue weighted by Gasteiger charge is -2.09. The molecule has 1 aromatic rings. The van der Waals surface area contributed by atoms with Crippen molar-refractivity contribution in [2.45, 2.75) is 20.0 Å². The molecule has 0 radical (unpaired) electrons. The van der Waals surface area contributed by atoms with Crippen molar-refractivity contribution in [3.8, 4) is 0 Å². The first-order chi connectivity index (χ1) is 9.17. The van der Waals surface area contributed by atoms with Crippen molar-refractivity contribution in [2.75, 3.05) is 24.2 Å². The Morgan fingerprint density at radius 1 is 1.40 bits per heavy atom. The number of rotatable bonds is 5. The van der Waals surface area contributed by atoms with Crippen LogP contribution in [0.1, 0.15) is 33.9 Å². The highest BCUT2D eigenvalue weighted by Crippen LogP contribution is 2.37. The van der Waals surface area contributed by atoms with Gasteiger partial charge >= 0.3 is 12.1 Å². The molecule has 0 aliphatic carbocycles. The average Bonchev–Trinajstić information content (AvgIpc) is 2.63. The molecule has 112 valence electrons. The highest BCUT2D eigenvalue weighted by Gasteiger charge is 2.30. The van der Waals surface area contributed by atoms with Gasteiger partial charge in [0, 0.05) is 6.92 Å². The Labute approximate surface area is 116 Å². The van der Waals surface area contributed by atoms with Crippen LogP contribution in [0.2, 0.25) is 0 Å². The Balaban J connectivity index is 3.16. The zero-order chi connectivity index (χ0) is 15.5. The largest absolute Gasteiger partial charge is 0.462 e. The van der Waals surface area contributed by atoms with Crippen molar-refractivity contribution in [3.63, 3.8) is 0 Å². The molecule has 0 saturated heterocycles. The second kappa shape index (κ2) is 6.12. The summed E-state index contributed by atoms with van der Waals surface area (Å²) < 4.78 is 41.4. The molecule has 20 heavy (non-hydrogen) atoms. The Morgan fingerprint density at radius 3 is 2.45 bits per heavy atom. The molecular formula is C11H13F3N2O3S. The number of nitrogens with one attached hydrogen (secondary N) is 1. The van der Waals surface area contributed by atoms with Crippen LogP contribution in [-0.4, -0.2) is 31.1 Å². The summed E-state index contributed by atoms with van der Waals surface area (Å²) in [5, 5.41) is 1.95. The number of Topliss-reactive ketones (excluding diaryl/α,β-unsaturated/α-hetero) is 1. The van der Waals surface area contributed by atoms with Crippen LogP contribution in [0.15, 0.2) is 0 Å². The fourth-order valence-corrected chi connectivity index (χ4v) is 2.42. The SMILES string of the molecule is CCOC(=O)c1c(NCC(F)(F)F)sc(C(C)=O)c1N. The van der Waals surface area contributed by atoms with E-state index < -0.39 is 24.5 Å². The van der Waals surface area contributed by atoms with Gasteiger partial charge in [0.15, 0.2) is 5.78 Å². The van der Waals surface area contributed by atoms with Crippen molar-refractivity contribution in [1.82, 2.24) is 0 Å². The molecule has 0 amide bonds. The molecule has 9 heteroatoms. The van der Waals surface area contributed by atoms with E-state index in [2.05, 4.69) is 5.32 Å². The van der Waals surface area contributed by atoms with Crippen LogP contribution in [0, 0.1) is 0 Å². The number of nitrogen functional groups attached to an aromatic ring is 1. The van der Waals surface area contributed by atoms with Crippen LogP contribution in [0.25, 0.3) is 0 Å². The van der Waals surface area contributed by atoms with Crippen LogP contribution in [0.4, 0.5) is 23.9 Å². The molecule has 0 fully saturated rings. The molecule has 5 nitrogen and oxygen atoms in total. The molecule has 0 atom stereocenters. The summed E-state index contributed by atoms with van der Waals surface area (Å²) >= 11 is 0.703. The second-order valence-corrected chi connectivity index (χ2v) is 4.81. The number of anilines is 2. The molecule has 1 heterocycles. The molecule has 0 spiro atoms. The van der Waals surface area contributed by atoms with E-state index in [1.54, 1.807) is 6.92 Å². The summed E-state index contributed by atoms with van der Waals surface area (Å²) in [6.07, 6.45) is -4.46. The molecule has 1 aromatic heterocycles. The number of nitrogens with two attached hydrogens (primary N) is 1. The van der Waals surface area contributed by atoms with Gasteiger partial charge in [0.2, 0.25) is 0 Å². The molecule has 0 bridgehead atoms. The van der Waals surface area contributed by atoms with E-state index >= 15 is 0 Å². The van der Waals surface area contributed by atoms with Crippen LogP contribution in [0.5, 0.6) is 0 Å². The van der Waals surface area contributed by atoms with Gasteiger partial charge in [-0.3, -0.25) is 4.79 Å². The Bertz CT molecular complexity index is 526. The molecule has 0 aliphatic heterocycles. The molecule has 0 aromatic carbocycles. The molecule has 0 unspecified atom stereocenters. The Kier molecular flexibility index (Phi) is 4.98. The Hall–Kier alpha value is -1.77. The van der Waals surface area contributed by atoms with Gasteiger partial charge in [-0.05, 0) is 6.92 Å². The van der Waals surface area contributed by atoms with Gasteiger partial charge in [-0.15, -0.1) is 11.3 Å². The predicted molar refractivity (Wildman–Crippen MR) is 69.2 cm³/mol. The fraction of sp³-hybridized carbons (Fsp3) is 0.455. The minimum Gasteiger partial charge on any atom is -0.462 e. The summed E-state index contributed by atoms with van der Waals surface area (Å²) in [6, 6.07) is 0.